The first-order valence-corrected chi connectivity index (χ1v) is 8.48. The Morgan fingerprint density at radius 3 is 2.89 bits per heavy atom. The first-order chi connectivity index (χ1) is 9.09. The van der Waals surface area contributed by atoms with Crippen LogP contribution in [0.2, 0.25) is 0 Å². The summed E-state index contributed by atoms with van der Waals surface area (Å²) in [6, 6.07) is 7.37. The van der Waals surface area contributed by atoms with Crippen molar-refractivity contribution in [3.63, 3.8) is 0 Å². The van der Waals surface area contributed by atoms with Gasteiger partial charge in [0.15, 0.2) is 9.84 Å². The molecule has 0 radical (unpaired) electrons. The van der Waals surface area contributed by atoms with Crippen LogP contribution in [0.15, 0.2) is 24.3 Å². The minimum atomic E-state index is -3.08. The molecule has 0 aromatic heterocycles. The van der Waals surface area contributed by atoms with Gasteiger partial charge in [-0.05, 0) is 37.1 Å². The molecule has 1 fully saturated rings. The molecule has 0 bridgehead atoms. The quantitative estimate of drug-likeness (QED) is 0.894. The van der Waals surface area contributed by atoms with Gasteiger partial charge >= 0.3 is 0 Å². The molecular formula is C14H21NO3S. The van der Waals surface area contributed by atoms with Gasteiger partial charge in [-0.2, -0.15) is 0 Å². The highest BCUT2D eigenvalue weighted by Crippen LogP contribution is 2.17. The first kappa shape index (κ1) is 14.3. The van der Waals surface area contributed by atoms with Gasteiger partial charge in [0.25, 0.3) is 0 Å². The molecule has 5 heteroatoms. The highest BCUT2D eigenvalue weighted by Gasteiger charge is 2.21. The van der Waals surface area contributed by atoms with E-state index in [-0.39, 0.29) is 17.5 Å². The van der Waals surface area contributed by atoms with Gasteiger partial charge in [-0.15, -0.1) is 0 Å². The van der Waals surface area contributed by atoms with E-state index in [1.54, 1.807) is 13.2 Å². The van der Waals surface area contributed by atoms with E-state index >= 15 is 0 Å². The van der Waals surface area contributed by atoms with Gasteiger partial charge in [-0.25, -0.2) is 8.42 Å². The van der Waals surface area contributed by atoms with E-state index in [9.17, 15) is 8.42 Å². The summed E-state index contributed by atoms with van der Waals surface area (Å²) in [5.41, 5.74) is 0.787. The van der Waals surface area contributed by atoms with Crippen molar-refractivity contribution in [2.75, 3.05) is 19.4 Å². The summed E-state index contributed by atoms with van der Waals surface area (Å²) in [5.74, 6) is 1.01. The van der Waals surface area contributed by atoms with Crippen molar-refractivity contribution in [3.8, 4) is 5.75 Å². The topological polar surface area (TPSA) is 55.4 Å². The summed E-state index contributed by atoms with van der Waals surface area (Å²) in [6.45, 7) is 0.930. The lowest BCUT2D eigenvalue weighted by atomic mass is 10.1. The van der Waals surface area contributed by atoms with Crippen LogP contribution in [0.3, 0.4) is 0 Å². The molecule has 1 aromatic rings. The van der Waals surface area contributed by atoms with E-state index in [4.69, 9.17) is 4.74 Å². The molecule has 1 unspecified atom stereocenters. The molecule has 4 nitrogen and oxygen atoms in total. The van der Waals surface area contributed by atoms with Gasteiger partial charge in [0.2, 0.25) is 0 Å². The number of ether oxygens (including phenoxy) is 1. The van der Waals surface area contributed by atoms with Crippen molar-refractivity contribution in [3.05, 3.63) is 29.8 Å². The standard InChI is InChI=1S/C14H21NO3S/c1-18-14-7-4-5-12(9-14)10-19(16,17)11-13-6-2-3-8-15-13/h4-5,7,9,13,15H,2-3,6,8,10-11H2,1H3. The van der Waals surface area contributed by atoms with Gasteiger partial charge in [0.1, 0.15) is 5.75 Å². The van der Waals surface area contributed by atoms with Gasteiger partial charge in [-0.3, -0.25) is 0 Å². The number of nitrogens with one attached hydrogen (secondary N) is 1. The predicted molar refractivity (Wildman–Crippen MR) is 76.1 cm³/mol. The summed E-state index contributed by atoms with van der Waals surface area (Å²) in [4.78, 5) is 0. The second-order valence-corrected chi connectivity index (χ2v) is 7.16. The van der Waals surface area contributed by atoms with Crippen LogP contribution in [-0.2, 0) is 15.6 Å². The molecule has 1 N–H and O–H groups in total. The third kappa shape index (κ3) is 4.51. The monoisotopic (exact) mass is 283 g/mol. The Balaban J connectivity index is 1.99. The Labute approximate surface area is 115 Å². The molecule has 19 heavy (non-hydrogen) atoms. The predicted octanol–water partition coefficient (Wildman–Crippen LogP) is 1.75. The lowest BCUT2D eigenvalue weighted by Gasteiger charge is -2.23. The SMILES string of the molecule is COc1cccc(CS(=O)(=O)CC2CCCCN2)c1. The number of methoxy groups -OCH3 is 1. The minimum absolute atomic E-state index is 0.0857. The van der Waals surface area contributed by atoms with Gasteiger partial charge in [0.05, 0.1) is 18.6 Å². The lowest BCUT2D eigenvalue weighted by Crippen LogP contribution is -2.39. The molecule has 1 aromatic carbocycles. The van der Waals surface area contributed by atoms with E-state index in [0.717, 1.165) is 31.4 Å². The minimum Gasteiger partial charge on any atom is -0.497 e. The van der Waals surface area contributed by atoms with E-state index in [1.807, 2.05) is 18.2 Å². The average molecular weight is 283 g/mol. The lowest BCUT2D eigenvalue weighted by molar-refractivity contribution is 0.414. The molecule has 1 aliphatic rings. The Bertz CT molecular complexity index is 507. The Hall–Kier alpha value is -1.07. The maximum Gasteiger partial charge on any atom is 0.155 e. The number of hydrogen-bond donors (Lipinski definition) is 1. The van der Waals surface area contributed by atoms with Crippen molar-refractivity contribution in [2.24, 2.45) is 0 Å². The van der Waals surface area contributed by atoms with Crippen molar-refractivity contribution in [1.82, 2.24) is 5.32 Å². The van der Waals surface area contributed by atoms with Gasteiger partial charge < -0.3 is 10.1 Å². The fourth-order valence-corrected chi connectivity index (χ4v) is 4.15. The first-order valence-electron chi connectivity index (χ1n) is 6.66. The van der Waals surface area contributed by atoms with E-state index < -0.39 is 9.84 Å². The summed E-state index contributed by atoms with van der Waals surface area (Å²) < 4.78 is 29.5. The van der Waals surface area contributed by atoms with Crippen molar-refractivity contribution in [1.29, 1.82) is 0 Å². The molecule has 0 amide bonds. The molecule has 0 aliphatic carbocycles. The van der Waals surface area contributed by atoms with Crippen LogP contribution >= 0.6 is 0 Å². The summed E-state index contributed by atoms with van der Waals surface area (Å²) >= 11 is 0. The van der Waals surface area contributed by atoms with Crippen LogP contribution in [0.1, 0.15) is 24.8 Å². The molecule has 0 saturated carbocycles. The second-order valence-electron chi connectivity index (χ2n) is 5.05. The number of rotatable bonds is 5. The van der Waals surface area contributed by atoms with Crippen molar-refractivity contribution in [2.45, 2.75) is 31.1 Å². The fourth-order valence-electron chi connectivity index (χ4n) is 2.45. The second kappa shape index (κ2) is 6.39. The molecule has 0 spiro atoms. The maximum absolute atomic E-state index is 12.2. The fraction of sp³-hybridized carbons (Fsp3) is 0.571. The zero-order chi connectivity index (χ0) is 13.7. The third-order valence-electron chi connectivity index (χ3n) is 3.39. The molecule has 1 aliphatic heterocycles. The smallest absolute Gasteiger partial charge is 0.155 e. The zero-order valence-corrected chi connectivity index (χ0v) is 12.1. The van der Waals surface area contributed by atoms with Crippen LogP contribution < -0.4 is 10.1 Å². The Morgan fingerprint density at radius 1 is 1.37 bits per heavy atom. The Morgan fingerprint density at radius 2 is 2.21 bits per heavy atom. The summed E-state index contributed by atoms with van der Waals surface area (Å²) in [7, 11) is -1.49. The molecule has 106 valence electrons. The number of benzene rings is 1. The summed E-state index contributed by atoms with van der Waals surface area (Å²) in [6.07, 6.45) is 3.22. The number of hydrogen-bond acceptors (Lipinski definition) is 4. The molecule has 1 saturated heterocycles. The molecule has 1 heterocycles. The number of sulfone groups is 1. The maximum atomic E-state index is 12.2. The van der Waals surface area contributed by atoms with E-state index in [1.165, 1.54) is 0 Å². The highest BCUT2D eigenvalue weighted by molar-refractivity contribution is 7.90. The third-order valence-corrected chi connectivity index (χ3v) is 5.07. The number of piperidine rings is 1. The largest absolute Gasteiger partial charge is 0.497 e. The summed E-state index contributed by atoms with van der Waals surface area (Å²) in [5, 5.41) is 3.28. The van der Waals surface area contributed by atoms with Crippen LogP contribution in [-0.4, -0.2) is 33.9 Å². The van der Waals surface area contributed by atoms with Crippen LogP contribution in [0, 0.1) is 0 Å². The molecule has 1 atom stereocenters. The highest BCUT2D eigenvalue weighted by atomic mass is 32.2. The normalized spacial score (nSPS) is 20.2. The molecular weight excluding hydrogens is 262 g/mol. The van der Waals surface area contributed by atoms with E-state index in [2.05, 4.69) is 5.32 Å². The Kier molecular flexibility index (Phi) is 4.82. The zero-order valence-electron chi connectivity index (χ0n) is 11.3. The van der Waals surface area contributed by atoms with Crippen molar-refractivity contribution >= 4 is 9.84 Å². The average Bonchev–Trinajstić information content (AvgIpc) is 2.39. The van der Waals surface area contributed by atoms with Crippen molar-refractivity contribution < 1.29 is 13.2 Å². The van der Waals surface area contributed by atoms with Gasteiger partial charge in [-0.1, -0.05) is 18.6 Å². The van der Waals surface area contributed by atoms with E-state index in [0.29, 0.717) is 5.75 Å². The van der Waals surface area contributed by atoms with Gasteiger partial charge in [0, 0.05) is 6.04 Å². The van der Waals surface area contributed by atoms with Crippen LogP contribution in [0.5, 0.6) is 5.75 Å². The van der Waals surface area contributed by atoms with Crippen LogP contribution in [0.25, 0.3) is 0 Å². The molecule has 2 rings (SSSR count). The van der Waals surface area contributed by atoms with Crippen LogP contribution in [0.4, 0.5) is 0 Å².